The largest absolute Gasteiger partial charge is 0.351 e. The SMILES string of the molecule is CCCCC(C)(N)P(=O)(OCP(=O)(O)O)OCP(=O)(O)O. The molecule has 0 aliphatic rings. The van der Waals surface area contributed by atoms with Gasteiger partial charge in [0.2, 0.25) is 0 Å². The van der Waals surface area contributed by atoms with Crippen molar-refractivity contribution in [1.82, 2.24) is 0 Å². The third-order valence-electron chi connectivity index (χ3n) is 2.45. The van der Waals surface area contributed by atoms with E-state index in [0.29, 0.717) is 12.8 Å². The monoisotopic (exact) mass is 369 g/mol. The van der Waals surface area contributed by atoms with Gasteiger partial charge in [-0.3, -0.25) is 22.7 Å². The van der Waals surface area contributed by atoms with Crippen molar-refractivity contribution in [2.45, 2.75) is 38.4 Å². The number of hydrogen-bond donors (Lipinski definition) is 5. The van der Waals surface area contributed by atoms with Crippen LogP contribution in [0.1, 0.15) is 33.1 Å². The molecule has 10 nitrogen and oxygen atoms in total. The van der Waals surface area contributed by atoms with Gasteiger partial charge in [0.25, 0.3) is 0 Å². The minimum absolute atomic E-state index is 0.128. The van der Waals surface area contributed by atoms with Crippen LogP contribution in [0, 0.1) is 0 Å². The van der Waals surface area contributed by atoms with Crippen LogP contribution in [0.25, 0.3) is 0 Å². The van der Waals surface area contributed by atoms with E-state index in [0.717, 1.165) is 0 Å². The second-order valence-electron chi connectivity index (χ2n) is 4.80. The Morgan fingerprint density at radius 1 is 1.00 bits per heavy atom. The molecule has 13 heteroatoms. The third kappa shape index (κ3) is 8.57. The minimum Gasteiger partial charge on any atom is -0.323 e. The molecule has 0 aliphatic carbocycles. The van der Waals surface area contributed by atoms with Crippen LogP contribution >= 0.6 is 22.8 Å². The van der Waals surface area contributed by atoms with Gasteiger partial charge in [-0.2, -0.15) is 0 Å². The molecule has 0 saturated heterocycles. The first-order valence-corrected chi connectivity index (χ1v) is 11.1. The molecule has 0 aromatic heterocycles. The Morgan fingerprint density at radius 3 is 1.67 bits per heavy atom. The van der Waals surface area contributed by atoms with Gasteiger partial charge in [-0.05, 0) is 13.3 Å². The predicted molar refractivity (Wildman–Crippen MR) is 75.7 cm³/mol. The maximum Gasteiger partial charge on any atom is 0.351 e. The highest BCUT2D eigenvalue weighted by molar-refractivity contribution is 7.58. The molecule has 0 aromatic carbocycles. The molecule has 0 radical (unpaired) electrons. The number of unbranched alkanes of at least 4 members (excludes halogenated alkanes) is 1. The Hall–Kier alpha value is 0.410. The minimum atomic E-state index is -4.65. The Morgan fingerprint density at radius 2 is 1.38 bits per heavy atom. The molecule has 6 N–H and O–H groups in total. The van der Waals surface area contributed by atoms with E-state index in [1.807, 2.05) is 6.92 Å². The summed E-state index contributed by atoms with van der Waals surface area (Å²) in [4.78, 5) is 35.1. The summed E-state index contributed by atoms with van der Waals surface area (Å²) in [5.41, 5.74) is 5.82. The summed E-state index contributed by atoms with van der Waals surface area (Å²) in [5, 5.41) is -1.63. The van der Waals surface area contributed by atoms with Crippen LogP contribution in [0.4, 0.5) is 0 Å². The Bertz CT molecular complexity index is 438. The van der Waals surface area contributed by atoms with Crippen molar-refractivity contribution in [3.8, 4) is 0 Å². The Kier molecular flexibility index (Phi) is 7.95. The molecule has 0 aromatic rings. The van der Waals surface area contributed by atoms with E-state index in [1.54, 1.807) is 0 Å². The van der Waals surface area contributed by atoms with E-state index in [4.69, 9.17) is 25.3 Å². The molecule has 1 unspecified atom stereocenters. The first kappa shape index (κ1) is 21.4. The highest BCUT2D eigenvalue weighted by atomic mass is 31.2. The molecule has 0 rings (SSSR count). The van der Waals surface area contributed by atoms with E-state index in [2.05, 4.69) is 9.05 Å². The zero-order valence-corrected chi connectivity index (χ0v) is 14.5. The van der Waals surface area contributed by atoms with Crippen molar-refractivity contribution < 1.29 is 42.3 Å². The number of rotatable bonds is 10. The molecule has 21 heavy (non-hydrogen) atoms. The van der Waals surface area contributed by atoms with Crippen LogP contribution in [0.5, 0.6) is 0 Å². The number of nitrogens with two attached hydrogens (primary N) is 1. The molecular weight excluding hydrogens is 347 g/mol. The average Bonchev–Trinajstić information content (AvgIpc) is 2.29. The van der Waals surface area contributed by atoms with Crippen LogP contribution in [0.15, 0.2) is 0 Å². The summed E-state index contributed by atoms with van der Waals surface area (Å²) in [6, 6.07) is 0. The first-order chi connectivity index (χ1) is 9.22. The highest BCUT2D eigenvalue weighted by Crippen LogP contribution is 2.62. The summed E-state index contributed by atoms with van der Waals surface area (Å²) in [7, 11) is -13.6. The van der Waals surface area contributed by atoms with Crippen LogP contribution in [0.2, 0.25) is 0 Å². The van der Waals surface area contributed by atoms with Crippen LogP contribution in [-0.2, 0) is 22.7 Å². The van der Waals surface area contributed by atoms with E-state index < -0.39 is 40.8 Å². The van der Waals surface area contributed by atoms with Gasteiger partial charge < -0.3 is 25.3 Å². The number of hydrogen-bond acceptors (Lipinski definition) is 6. The van der Waals surface area contributed by atoms with Crippen LogP contribution in [0.3, 0.4) is 0 Å². The smallest absolute Gasteiger partial charge is 0.323 e. The van der Waals surface area contributed by atoms with E-state index in [-0.39, 0.29) is 6.42 Å². The van der Waals surface area contributed by atoms with Gasteiger partial charge in [0, 0.05) is 0 Å². The third-order valence-corrected chi connectivity index (χ3v) is 6.20. The van der Waals surface area contributed by atoms with Crippen molar-refractivity contribution in [1.29, 1.82) is 0 Å². The van der Waals surface area contributed by atoms with Crippen molar-refractivity contribution >= 4 is 22.8 Å². The van der Waals surface area contributed by atoms with Crippen LogP contribution in [-0.4, -0.2) is 37.5 Å². The lowest BCUT2D eigenvalue weighted by molar-refractivity contribution is 0.199. The van der Waals surface area contributed by atoms with Crippen molar-refractivity contribution in [2.24, 2.45) is 5.73 Å². The topological polar surface area (TPSA) is 177 Å². The Balaban J connectivity index is 5.19. The van der Waals surface area contributed by atoms with Gasteiger partial charge in [-0.15, -0.1) is 0 Å². The second-order valence-corrected chi connectivity index (χ2v) is 10.5. The lowest BCUT2D eigenvalue weighted by atomic mass is 10.1. The van der Waals surface area contributed by atoms with Gasteiger partial charge >= 0.3 is 22.8 Å². The highest BCUT2D eigenvalue weighted by Gasteiger charge is 2.46. The molecule has 0 bridgehead atoms. The average molecular weight is 369 g/mol. The fourth-order valence-electron chi connectivity index (χ4n) is 1.31. The zero-order chi connectivity index (χ0) is 16.9. The van der Waals surface area contributed by atoms with Crippen LogP contribution < -0.4 is 5.73 Å². The van der Waals surface area contributed by atoms with Crippen molar-refractivity contribution in [2.75, 3.05) is 12.7 Å². The predicted octanol–water partition coefficient (Wildman–Crippen LogP) is 1.35. The van der Waals surface area contributed by atoms with Gasteiger partial charge in [-0.25, -0.2) is 0 Å². The fraction of sp³-hybridized carbons (Fsp3) is 1.00. The molecule has 0 saturated carbocycles. The molecular formula is C8H22NO9P3. The normalized spacial score (nSPS) is 16.7. The van der Waals surface area contributed by atoms with Gasteiger partial charge in [0.05, 0.1) is 0 Å². The summed E-state index contributed by atoms with van der Waals surface area (Å²) >= 11 is 0. The molecule has 0 aliphatic heterocycles. The van der Waals surface area contributed by atoms with Gasteiger partial charge in [-0.1, -0.05) is 19.8 Å². The maximum absolute atomic E-state index is 12.6. The summed E-state index contributed by atoms with van der Waals surface area (Å²) < 4.78 is 43.5. The second kappa shape index (κ2) is 7.79. The molecule has 1 atom stereocenters. The van der Waals surface area contributed by atoms with E-state index >= 15 is 0 Å². The first-order valence-electron chi connectivity index (χ1n) is 6.00. The fourth-order valence-corrected chi connectivity index (χ4v) is 4.82. The summed E-state index contributed by atoms with van der Waals surface area (Å²) in [5.74, 6) is 0. The van der Waals surface area contributed by atoms with Crippen molar-refractivity contribution in [3.63, 3.8) is 0 Å². The Labute approximate surface area is 122 Å². The zero-order valence-electron chi connectivity index (χ0n) is 11.8. The quantitative estimate of drug-likeness (QED) is 0.353. The van der Waals surface area contributed by atoms with Crippen molar-refractivity contribution in [3.05, 3.63) is 0 Å². The van der Waals surface area contributed by atoms with Gasteiger partial charge in [0.1, 0.15) is 5.28 Å². The molecule has 0 spiro atoms. The molecule has 0 fully saturated rings. The van der Waals surface area contributed by atoms with E-state index in [1.165, 1.54) is 6.92 Å². The lowest BCUT2D eigenvalue weighted by Gasteiger charge is -2.32. The van der Waals surface area contributed by atoms with E-state index in [9.17, 15) is 13.7 Å². The molecule has 0 amide bonds. The maximum atomic E-state index is 12.6. The van der Waals surface area contributed by atoms with Gasteiger partial charge in [0.15, 0.2) is 12.7 Å². The lowest BCUT2D eigenvalue weighted by Crippen LogP contribution is -2.37. The summed E-state index contributed by atoms with van der Waals surface area (Å²) in [6.45, 7) is 3.12. The molecule has 0 heterocycles. The standard InChI is InChI=1S/C8H22NO9P3/c1-3-4-5-8(2,9)21(16,17-6-19(10,11)12)18-7-20(13,14)15/h3-7,9H2,1-2H3,(H2,10,11,12)(H2,13,14,15). The summed E-state index contributed by atoms with van der Waals surface area (Å²) in [6.07, 6.45) is -1.09. The molecule has 128 valence electrons.